The summed E-state index contributed by atoms with van der Waals surface area (Å²) < 4.78 is 27.4. The average molecular weight is 245 g/mol. The molecule has 0 aliphatic heterocycles. The lowest BCUT2D eigenvalue weighted by molar-refractivity contribution is 0.152. The maximum absolute atomic E-state index is 12.9. The number of aromatic nitrogens is 3. The molecule has 0 N–H and O–H groups in total. The zero-order valence-corrected chi connectivity index (χ0v) is 9.29. The third kappa shape index (κ3) is 1.73. The Kier molecular flexibility index (Phi) is 2.51. The normalized spacial score (nSPS) is 11.3. The van der Waals surface area contributed by atoms with Crippen LogP contribution in [0.15, 0.2) is 48.8 Å². The zero-order chi connectivity index (χ0) is 12.5. The van der Waals surface area contributed by atoms with Crippen LogP contribution in [0, 0.1) is 0 Å². The molecule has 3 aromatic rings. The van der Waals surface area contributed by atoms with Gasteiger partial charge in [0, 0.05) is 23.5 Å². The van der Waals surface area contributed by atoms with Crippen molar-refractivity contribution in [2.24, 2.45) is 0 Å². The number of hydrogen-bond acceptors (Lipinski definition) is 2. The van der Waals surface area contributed by atoms with Gasteiger partial charge < -0.3 is 0 Å². The molecule has 0 spiro atoms. The first-order valence-corrected chi connectivity index (χ1v) is 5.43. The molecule has 2 aromatic heterocycles. The Morgan fingerprint density at radius 3 is 2.72 bits per heavy atom. The molecule has 0 fully saturated rings. The summed E-state index contributed by atoms with van der Waals surface area (Å²) in [5, 5.41) is 4.27. The number of alkyl halides is 2. The van der Waals surface area contributed by atoms with Gasteiger partial charge in [-0.3, -0.25) is 0 Å². The van der Waals surface area contributed by atoms with E-state index in [-0.39, 0.29) is 5.56 Å². The van der Waals surface area contributed by atoms with Crippen LogP contribution in [0.2, 0.25) is 0 Å². The van der Waals surface area contributed by atoms with E-state index in [0.717, 1.165) is 0 Å². The molecule has 0 amide bonds. The first-order chi connectivity index (χ1) is 8.75. The number of benzene rings is 1. The molecule has 18 heavy (non-hydrogen) atoms. The Labute approximate surface area is 102 Å². The van der Waals surface area contributed by atoms with Crippen molar-refractivity contribution in [3.05, 3.63) is 54.4 Å². The monoisotopic (exact) mass is 245 g/mol. The van der Waals surface area contributed by atoms with Crippen LogP contribution in [-0.4, -0.2) is 14.6 Å². The van der Waals surface area contributed by atoms with Crippen molar-refractivity contribution >= 4 is 5.65 Å². The lowest BCUT2D eigenvalue weighted by atomic mass is 10.0. The Hall–Kier alpha value is -2.30. The van der Waals surface area contributed by atoms with Crippen molar-refractivity contribution in [1.82, 2.24) is 14.6 Å². The molecule has 0 unspecified atom stereocenters. The van der Waals surface area contributed by atoms with Crippen molar-refractivity contribution < 1.29 is 8.78 Å². The van der Waals surface area contributed by atoms with E-state index in [1.807, 2.05) is 0 Å². The maximum atomic E-state index is 12.9. The molecule has 3 rings (SSSR count). The zero-order valence-electron chi connectivity index (χ0n) is 9.29. The summed E-state index contributed by atoms with van der Waals surface area (Å²) in [6.07, 6.45) is 0.788. The average Bonchev–Trinajstić information content (AvgIpc) is 2.85. The predicted molar refractivity (Wildman–Crippen MR) is 63.4 cm³/mol. The highest BCUT2D eigenvalue weighted by Crippen LogP contribution is 2.29. The lowest BCUT2D eigenvalue weighted by Crippen LogP contribution is -1.96. The molecule has 0 saturated carbocycles. The third-order valence-electron chi connectivity index (χ3n) is 2.73. The van der Waals surface area contributed by atoms with Gasteiger partial charge in [0.15, 0.2) is 5.65 Å². The molecule has 0 bridgehead atoms. The number of halogens is 2. The quantitative estimate of drug-likeness (QED) is 0.693. The predicted octanol–water partition coefficient (Wildman–Crippen LogP) is 3.33. The molecular formula is C13H9F2N3. The van der Waals surface area contributed by atoms with Crippen LogP contribution in [0.3, 0.4) is 0 Å². The molecule has 0 saturated heterocycles. The van der Waals surface area contributed by atoms with Gasteiger partial charge in [0.05, 0.1) is 5.69 Å². The summed E-state index contributed by atoms with van der Waals surface area (Å²) in [6, 6.07) is 9.84. The Balaban J connectivity index is 2.19. The second-order valence-corrected chi connectivity index (χ2v) is 3.84. The highest BCUT2D eigenvalue weighted by atomic mass is 19.3. The Morgan fingerprint density at radius 2 is 1.89 bits per heavy atom. The highest BCUT2D eigenvalue weighted by molar-refractivity contribution is 5.64. The fourth-order valence-corrected chi connectivity index (χ4v) is 1.88. The molecular weight excluding hydrogens is 236 g/mol. The Bertz CT molecular complexity index is 691. The molecule has 2 heterocycles. The van der Waals surface area contributed by atoms with E-state index in [1.54, 1.807) is 47.2 Å². The van der Waals surface area contributed by atoms with E-state index in [9.17, 15) is 8.78 Å². The van der Waals surface area contributed by atoms with E-state index >= 15 is 0 Å². The smallest absolute Gasteiger partial charge is 0.236 e. The van der Waals surface area contributed by atoms with Crippen molar-refractivity contribution in [2.75, 3.05) is 0 Å². The van der Waals surface area contributed by atoms with E-state index in [2.05, 4.69) is 10.1 Å². The Morgan fingerprint density at radius 1 is 1.06 bits per heavy atom. The first kappa shape index (κ1) is 10.8. The van der Waals surface area contributed by atoms with Gasteiger partial charge in [-0.05, 0) is 12.1 Å². The van der Waals surface area contributed by atoms with Gasteiger partial charge in [-0.25, -0.2) is 18.3 Å². The topological polar surface area (TPSA) is 30.2 Å². The number of nitrogens with zero attached hydrogens (tertiary/aromatic N) is 3. The van der Waals surface area contributed by atoms with Crippen molar-refractivity contribution in [2.45, 2.75) is 6.43 Å². The summed E-state index contributed by atoms with van der Waals surface area (Å²) in [7, 11) is 0. The van der Waals surface area contributed by atoms with Gasteiger partial charge in [0.25, 0.3) is 6.43 Å². The first-order valence-electron chi connectivity index (χ1n) is 5.43. The number of hydrogen-bond donors (Lipinski definition) is 0. The van der Waals surface area contributed by atoms with Gasteiger partial charge in [-0.1, -0.05) is 24.3 Å². The lowest BCUT2D eigenvalue weighted by Gasteiger charge is -2.07. The number of imidazole rings is 1. The van der Waals surface area contributed by atoms with E-state index in [1.165, 1.54) is 6.07 Å². The highest BCUT2D eigenvalue weighted by Gasteiger charge is 2.14. The SMILES string of the molecule is FC(F)c1ccccc1-c1ccc2nccn2n1. The van der Waals surface area contributed by atoms with Crippen LogP contribution in [-0.2, 0) is 0 Å². The molecule has 1 aromatic carbocycles. The largest absolute Gasteiger partial charge is 0.264 e. The summed E-state index contributed by atoms with van der Waals surface area (Å²) in [5.41, 5.74) is 1.64. The maximum Gasteiger partial charge on any atom is 0.264 e. The van der Waals surface area contributed by atoms with Crippen LogP contribution in [0.25, 0.3) is 16.9 Å². The van der Waals surface area contributed by atoms with Gasteiger partial charge in [-0.15, -0.1) is 0 Å². The van der Waals surface area contributed by atoms with Crippen molar-refractivity contribution in [3.63, 3.8) is 0 Å². The molecule has 90 valence electrons. The van der Waals surface area contributed by atoms with E-state index in [4.69, 9.17) is 0 Å². The molecule has 0 aliphatic rings. The minimum absolute atomic E-state index is 0.00975. The summed E-state index contributed by atoms with van der Waals surface area (Å²) in [4.78, 5) is 4.06. The summed E-state index contributed by atoms with van der Waals surface area (Å²) in [5.74, 6) is 0. The number of rotatable bonds is 2. The summed E-state index contributed by atoms with van der Waals surface area (Å²) >= 11 is 0. The van der Waals surface area contributed by atoms with Crippen LogP contribution in [0.5, 0.6) is 0 Å². The van der Waals surface area contributed by atoms with Gasteiger partial charge >= 0.3 is 0 Å². The minimum Gasteiger partial charge on any atom is -0.236 e. The van der Waals surface area contributed by atoms with Gasteiger partial charge in [0.1, 0.15) is 0 Å². The molecule has 0 radical (unpaired) electrons. The molecule has 0 aliphatic carbocycles. The summed E-state index contributed by atoms with van der Waals surface area (Å²) in [6.45, 7) is 0. The van der Waals surface area contributed by atoms with Crippen molar-refractivity contribution in [1.29, 1.82) is 0 Å². The minimum atomic E-state index is -2.51. The fourth-order valence-electron chi connectivity index (χ4n) is 1.88. The molecule has 0 atom stereocenters. The van der Waals surface area contributed by atoms with Crippen LogP contribution < -0.4 is 0 Å². The van der Waals surface area contributed by atoms with Crippen molar-refractivity contribution in [3.8, 4) is 11.3 Å². The van der Waals surface area contributed by atoms with Gasteiger partial charge in [-0.2, -0.15) is 5.10 Å². The molecule has 5 heteroatoms. The van der Waals surface area contributed by atoms with E-state index < -0.39 is 6.43 Å². The standard InChI is InChI=1S/C13H9F2N3/c14-13(15)10-4-2-1-3-9(10)11-5-6-12-16-7-8-18(12)17-11/h1-8,13H. The van der Waals surface area contributed by atoms with Gasteiger partial charge in [0.2, 0.25) is 0 Å². The second kappa shape index (κ2) is 4.18. The number of fused-ring (bicyclic) bond motifs is 1. The third-order valence-corrected chi connectivity index (χ3v) is 2.73. The molecule has 3 nitrogen and oxygen atoms in total. The van der Waals surface area contributed by atoms with E-state index in [0.29, 0.717) is 16.9 Å². The van der Waals surface area contributed by atoms with Crippen LogP contribution >= 0.6 is 0 Å². The van der Waals surface area contributed by atoms with Crippen LogP contribution in [0.1, 0.15) is 12.0 Å². The fraction of sp³-hybridized carbons (Fsp3) is 0.0769. The van der Waals surface area contributed by atoms with Crippen LogP contribution in [0.4, 0.5) is 8.78 Å². The second-order valence-electron chi connectivity index (χ2n) is 3.84.